The van der Waals surface area contributed by atoms with Crippen molar-refractivity contribution in [3.05, 3.63) is 55.9 Å². The zero-order chi connectivity index (χ0) is 18.3. The number of carbonyl (C=O) groups excluding carboxylic acids is 2. The van der Waals surface area contributed by atoms with Gasteiger partial charge in [0.1, 0.15) is 11.3 Å². The normalized spacial score (nSPS) is 16.6. The van der Waals surface area contributed by atoms with Crippen LogP contribution in [0.25, 0.3) is 6.08 Å². The zero-order valence-electron chi connectivity index (χ0n) is 13.2. The number of nitrogens with one attached hydrogen (secondary N) is 1. The van der Waals surface area contributed by atoms with E-state index >= 15 is 0 Å². The Labute approximate surface area is 166 Å². The van der Waals surface area contributed by atoms with Gasteiger partial charge in [-0.1, -0.05) is 17.7 Å². The molecule has 0 radical (unpaired) electrons. The van der Waals surface area contributed by atoms with Crippen LogP contribution in [0.1, 0.15) is 16.9 Å². The van der Waals surface area contributed by atoms with Gasteiger partial charge in [0.05, 0.1) is 10.2 Å². The molecule has 1 saturated heterocycles. The largest absolute Gasteiger partial charge is 0.449 e. The van der Waals surface area contributed by atoms with Gasteiger partial charge in [-0.05, 0) is 81.7 Å². The van der Waals surface area contributed by atoms with Crippen LogP contribution in [0.5, 0.6) is 0 Å². The summed E-state index contributed by atoms with van der Waals surface area (Å²) in [5.41, 5.74) is 2.53. The first kappa shape index (κ1) is 18.0. The van der Waals surface area contributed by atoms with E-state index in [0.29, 0.717) is 20.6 Å². The Balaban J connectivity index is 2.05. The second-order valence-electron chi connectivity index (χ2n) is 5.52. The van der Waals surface area contributed by atoms with Crippen LogP contribution in [-0.2, 0) is 9.59 Å². The van der Waals surface area contributed by atoms with Crippen molar-refractivity contribution in [2.45, 2.75) is 13.8 Å². The standard InChI is InChI=1S/C17H12Br2N2O3S/c1-8-3-4-13(9(2)5-8)21-16(23)11(15(22)20-17(21)25)6-10-7-12(18)14(19)24-10/h3-7H,1-2H3,(H,20,22,25)/b11-6+. The van der Waals surface area contributed by atoms with Crippen molar-refractivity contribution in [2.24, 2.45) is 0 Å². The minimum absolute atomic E-state index is 0.0534. The fourth-order valence-electron chi connectivity index (χ4n) is 2.51. The third-order valence-electron chi connectivity index (χ3n) is 3.65. The zero-order valence-corrected chi connectivity index (χ0v) is 17.2. The first-order valence-electron chi connectivity index (χ1n) is 7.21. The van der Waals surface area contributed by atoms with E-state index in [0.717, 1.165) is 11.1 Å². The van der Waals surface area contributed by atoms with Gasteiger partial charge in [0.25, 0.3) is 11.8 Å². The topological polar surface area (TPSA) is 62.6 Å². The van der Waals surface area contributed by atoms with Gasteiger partial charge in [-0.15, -0.1) is 0 Å². The number of hydrogen-bond donors (Lipinski definition) is 1. The first-order chi connectivity index (χ1) is 11.8. The number of hydrogen-bond acceptors (Lipinski definition) is 4. The lowest BCUT2D eigenvalue weighted by molar-refractivity contribution is -0.122. The van der Waals surface area contributed by atoms with E-state index in [-0.39, 0.29) is 10.7 Å². The Hall–Kier alpha value is -1.77. The molecule has 0 saturated carbocycles. The number of halogens is 2. The monoisotopic (exact) mass is 482 g/mol. The number of nitrogens with zero attached hydrogens (tertiary/aromatic N) is 1. The van der Waals surface area contributed by atoms with Gasteiger partial charge in [-0.3, -0.25) is 19.8 Å². The molecule has 0 spiro atoms. The number of furan rings is 1. The highest BCUT2D eigenvalue weighted by molar-refractivity contribution is 9.13. The van der Waals surface area contributed by atoms with Crippen LogP contribution in [0, 0.1) is 13.8 Å². The minimum atomic E-state index is -0.556. The van der Waals surface area contributed by atoms with Gasteiger partial charge in [0.15, 0.2) is 9.78 Å². The van der Waals surface area contributed by atoms with E-state index in [1.807, 2.05) is 32.0 Å². The molecule has 2 amide bonds. The summed E-state index contributed by atoms with van der Waals surface area (Å²) < 4.78 is 6.59. The Morgan fingerprint density at radius 1 is 1.20 bits per heavy atom. The van der Waals surface area contributed by atoms with Crippen LogP contribution in [0.2, 0.25) is 0 Å². The van der Waals surface area contributed by atoms with Crippen molar-refractivity contribution < 1.29 is 14.0 Å². The molecular formula is C17H12Br2N2O3S. The summed E-state index contributed by atoms with van der Waals surface area (Å²) in [6.45, 7) is 3.85. The van der Waals surface area contributed by atoms with Crippen LogP contribution < -0.4 is 10.2 Å². The highest BCUT2D eigenvalue weighted by atomic mass is 79.9. The summed E-state index contributed by atoms with van der Waals surface area (Å²) in [5, 5.41) is 2.61. The van der Waals surface area contributed by atoms with Crippen molar-refractivity contribution >= 4 is 72.8 Å². The molecule has 3 rings (SSSR count). The molecule has 1 aromatic heterocycles. The van der Waals surface area contributed by atoms with E-state index in [1.54, 1.807) is 6.07 Å². The Kier molecular flexibility index (Phi) is 4.95. The van der Waals surface area contributed by atoms with E-state index < -0.39 is 11.8 Å². The fourth-order valence-corrected chi connectivity index (χ4v) is 3.39. The molecule has 0 aliphatic carbocycles. The second-order valence-corrected chi connectivity index (χ2v) is 7.48. The third kappa shape index (κ3) is 3.47. The predicted octanol–water partition coefficient (Wildman–Crippen LogP) is 4.25. The average Bonchev–Trinajstić information content (AvgIpc) is 2.84. The van der Waals surface area contributed by atoms with Crippen LogP contribution in [0.15, 0.2) is 43.4 Å². The van der Waals surface area contributed by atoms with E-state index in [4.69, 9.17) is 16.6 Å². The number of carbonyl (C=O) groups is 2. The van der Waals surface area contributed by atoms with Crippen LogP contribution >= 0.6 is 44.1 Å². The van der Waals surface area contributed by atoms with Crippen LogP contribution in [0.3, 0.4) is 0 Å². The molecule has 2 aromatic rings. The summed E-state index contributed by atoms with van der Waals surface area (Å²) in [7, 11) is 0. The smallest absolute Gasteiger partial charge is 0.270 e. The summed E-state index contributed by atoms with van der Waals surface area (Å²) in [6, 6.07) is 7.31. The molecule has 1 aliphatic heterocycles. The number of amides is 2. The molecule has 0 atom stereocenters. The lowest BCUT2D eigenvalue weighted by Crippen LogP contribution is -2.54. The predicted molar refractivity (Wildman–Crippen MR) is 106 cm³/mol. The van der Waals surface area contributed by atoms with E-state index in [1.165, 1.54) is 11.0 Å². The van der Waals surface area contributed by atoms with Gasteiger partial charge in [-0.25, -0.2) is 0 Å². The lowest BCUT2D eigenvalue weighted by Gasteiger charge is -2.30. The van der Waals surface area contributed by atoms with Crippen molar-refractivity contribution in [1.82, 2.24) is 5.32 Å². The number of rotatable bonds is 2. The molecule has 1 aliphatic rings. The molecule has 2 heterocycles. The summed E-state index contributed by atoms with van der Waals surface area (Å²) in [6.07, 6.45) is 1.39. The molecule has 5 nitrogen and oxygen atoms in total. The molecule has 1 N–H and O–H groups in total. The average molecular weight is 484 g/mol. The van der Waals surface area contributed by atoms with Gasteiger partial charge in [0.2, 0.25) is 0 Å². The van der Waals surface area contributed by atoms with Crippen molar-refractivity contribution in [3.8, 4) is 0 Å². The number of benzene rings is 1. The van der Waals surface area contributed by atoms with Gasteiger partial charge >= 0.3 is 0 Å². The van der Waals surface area contributed by atoms with Crippen molar-refractivity contribution in [2.75, 3.05) is 4.90 Å². The summed E-state index contributed by atoms with van der Waals surface area (Å²) in [5.74, 6) is -0.686. The second kappa shape index (κ2) is 6.86. The first-order valence-corrected chi connectivity index (χ1v) is 9.21. The van der Waals surface area contributed by atoms with E-state index in [9.17, 15) is 9.59 Å². The highest BCUT2D eigenvalue weighted by Gasteiger charge is 2.35. The van der Waals surface area contributed by atoms with Gasteiger partial charge in [0, 0.05) is 0 Å². The maximum atomic E-state index is 12.9. The van der Waals surface area contributed by atoms with E-state index in [2.05, 4.69) is 37.2 Å². The molecule has 25 heavy (non-hydrogen) atoms. The number of anilines is 1. The highest BCUT2D eigenvalue weighted by Crippen LogP contribution is 2.30. The van der Waals surface area contributed by atoms with Crippen LogP contribution in [-0.4, -0.2) is 16.9 Å². The maximum absolute atomic E-state index is 12.9. The summed E-state index contributed by atoms with van der Waals surface area (Å²) >= 11 is 11.7. The molecule has 1 aromatic carbocycles. The molecule has 0 unspecified atom stereocenters. The van der Waals surface area contributed by atoms with Gasteiger partial charge in [-0.2, -0.15) is 0 Å². The molecule has 1 fully saturated rings. The SMILES string of the molecule is Cc1ccc(N2C(=O)/C(=C/c3cc(Br)c(Br)o3)C(=O)NC2=S)c(C)c1. The van der Waals surface area contributed by atoms with Gasteiger partial charge < -0.3 is 4.42 Å². The minimum Gasteiger partial charge on any atom is -0.449 e. The molecule has 8 heteroatoms. The number of aryl methyl sites for hydroxylation is 2. The molecular weight excluding hydrogens is 472 g/mol. The molecule has 128 valence electrons. The van der Waals surface area contributed by atoms with Crippen LogP contribution in [0.4, 0.5) is 5.69 Å². The quantitative estimate of drug-likeness (QED) is 0.394. The Morgan fingerprint density at radius 3 is 2.52 bits per heavy atom. The fraction of sp³-hybridized carbons (Fsp3) is 0.118. The summed E-state index contributed by atoms with van der Waals surface area (Å²) in [4.78, 5) is 26.5. The third-order valence-corrected chi connectivity index (χ3v) is 5.64. The van der Waals surface area contributed by atoms with Crippen molar-refractivity contribution in [1.29, 1.82) is 0 Å². The molecule has 0 bridgehead atoms. The van der Waals surface area contributed by atoms with Crippen molar-refractivity contribution in [3.63, 3.8) is 0 Å². The Morgan fingerprint density at radius 2 is 1.92 bits per heavy atom. The lowest BCUT2D eigenvalue weighted by atomic mass is 10.1. The number of thiocarbonyl (C=S) groups is 1. The Bertz CT molecular complexity index is 930. The maximum Gasteiger partial charge on any atom is 0.270 e.